The van der Waals surface area contributed by atoms with Crippen LogP contribution in [0.4, 0.5) is 0 Å². The van der Waals surface area contributed by atoms with Gasteiger partial charge in [0, 0.05) is 5.54 Å². The number of hydrogen-bond acceptors (Lipinski definition) is 2. The lowest BCUT2D eigenvalue weighted by Gasteiger charge is -2.32. The number of nitrogens with two attached hydrogens (primary N) is 1. The van der Waals surface area contributed by atoms with E-state index in [1.807, 2.05) is 13.8 Å². The Kier molecular flexibility index (Phi) is 3.52. The normalized spacial score (nSPS) is 14.6. The smallest absolute Gasteiger partial charge is 0.216 e. The minimum absolute atomic E-state index is 0.0706. The summed E-state index contributed by atoms with van der Waals surface area (Å²) in [6.45, 7) is 9.81. The van der Waals surface area contributed by atoms with E-state index in [1.165, 1.54) is 0 Å². The fraction of sp³-hybridized carbons (Fsp3) is 1.00. The minimum Gasteiger partial charge on any atom is -0.216 e. The monoisotopic (exact) mass is 208 g/mol. The summed E-state index contributed by atoms with van der Waals surface area (Å²) in [6, 6.07) is 0. The van der Waals surface area contributed by atoms with Gasteiger partial charge in [-0.3, -0.25) is 0 Å². The third-order valence-electron chi connectivity index (χ3n) is 1.39. The molecule has 0 bridgehead atoms. The molecule has 80 valence electrons. The number of hydrogen-bond donors (Lipinski definition) is 2. The lowest BCUT2D eigenvalue weighted by molar-refractivity contribution is 0.269. The first-order chi connectivity index (χ1) is 5.41. The maximum absolute atomic E-state index is 10.8. The van der Waals surface area contributed by atoms with Crippen molar-refractivity contribution in [2.75, 3.05) is 0 Å². The second kappa shape index (κ2) is 3.55. The molecular weight excluding hydrogens is 188 g/mol. The number of rotatable bonds is 3. The van der Waals surface area contributed by atoms with E-state index in [1.54, 1.807) is 0 Å². The van der Waals surface area contributed by atoms with Gasteiger partial charge in [-0.25, -0.2) is 5.14 Å². The maximum Gasteiger partial charge on any atom is 0.274 e. The van der Waals surface area contributed by atoms with Gasteiger partial charge in [-0.15, -0.1) is 0 Å². The summed E-state index contributed by atoms with van der Waals surface area (Å²) in [5, 5.41) is 4.90. The molecule has 0 aliphatic carbocycles. The van der Waals surface area contributed by atoms with Crippen molar-refractivity contribution < 1.29 is 8.42 Å². The van der Waals surface area contributed by atoms with Gasteiger partial charge in [0.25, 0.3) is 10.2 Å². The van der Waals surface area contributed by atoms with Crippen LogP contribution in [0.15, 0.2) is 0 Å². The molecule has 0 unspecified atom stereocenters. The Hall–Kier alpha value is -0.130. The van der Waals surface area contributed by atoms with Gasteiger partial charge < -0.3 is 0 Å². The summed E-state index contributed by atoms with van der Waals surface area (Å²) in [5.74, 6) is 0. The van der Waals surface area contributed by atoms with E-state index >= 15 is 0 Å². The van der Waals surface area contributed by atoms with E-state index in [2.05, 4.69) is 25.5 Å². The van der Waals surface area contributed by atoms with E-state index in [0.29, 0.717) is 0 Å². The Labute approximate surface area is 81.1 Å². The zero-order chi connectivity index (χ0) is 10.9. The van der Waals surface area contributed by atoms with Crippen LogP contribution >= 0.6 is 0 Å². The highest BCUT2D eigenvalue weighted by Gasteiger charge is 2.28. The number of nitrogens with one attached hydrogen (secondary N) is 1. The summed E-state index contributed by atoms with van der Waals surface area (Å²) < 4.78 is 24.0. The van der Waals surface area contributed by atoms with Crippen LogP contribution in [-0.2, 0) is 10.2 Å². The van der Waals surface area contributed by atoms with Crippen LogP contribution < -0.4 is 9.86 Å². The first-order valence-corrected chi connectivity index (χ1v) is 5.78. The first-order valence-electron chi connectivity index (χ1n) is 4.23. The van der Waals surface area contributed by atoms with Gasteiger partial charge in [-0.05, 0) is 25.7 Å². The fourth-order valence-corrected chi connectivity index (χ4v) is 2.59. The Morgan fingerprint density at radius 1 is 1.15 bits per heavy atom. The average molecular weight is 208 g/mol. The lowest BCUT2D eigenvalue weighted by atomic mass is 9.82. The van der Waals surface area contributed by atoms with Gasteiger partial charge in [0.2, 0.25) is 0 Å². The highest BCUT2D eigenvalue weighted by Crippen LogP contribution is 2.26. The predicted molar refractivity (Wildman–Crippen MR) is 54.4 cm³/mol. The van der Waals surface area contributed by atoms with Crippen molar-refractivity contribution >= 4 is 10.2 Å². The molecule has 0 heterocycles. The Bertz CT molecular complexity index is 262. The van der Waals surface area contributed by atoms with Crippen molar-refractivity contribution in [3.05, 3.63) is 0 Å². The zero-order valence-electron chi connectivity index (χ0n) is 9.01. The zero-order valence-corrected chi connectivity index (χ0v) is 9.83. The van der Waals surface area contributed by atoms with Gasteiger partial charge in [-0.2, -0.15) is 13.1 Å². The molecule has 13 heavy (non-hydrogen) atoms. The molecule has 0 spiro atoms. The average Bonchev–Trinajstić information content (AvgIpc) is 1.43. The molecule has 0 atom stereocenters. The van der Waals surface area contributed by atoms with Gasteiger partial charge in [0.1, 0.15) is 0 Å². The second-order valence-electron chi connectivity index (χ2n) is 5.27. The van der Waals surface area contributed by atoms with Crippen LogP contribution in [0.25, 0.3) is 0 Å². The molecule has 0 aromatic heterocycles. The van der Waals surface area contributed by atoms with Crippen molar-refractivity contribution in [2.24, 2.45) is 10.6 Å². The topological polar surface area (TPSA) is 72.2 Å². The molecule has 0 fully saturated rings. The van der Waals surface area contributed by atoms with Crippen LogP contribution in [-0.4, -0.2) is 14.0 Å². The molecule has 5 heteroatoms. The lowest BCUT2D eigenvalue weighted by Crippen LogP contribution is -2.48. The molecule has 3 N–H and O–H groups in total. The third kappa shape index (κ3) is 8.21. The summed E-state index contributed by atoms with van der Waals surface area (Å²) in [6.07, 6.45) is 0.733. The van der Waals surface area contributed by atoms with Gasteiger partial charge >= 0.3 is 0 Å². The summed E-state index contributed by atoms with van der Waals surface area (Å²) in [4.78, 5) is 0. The first kappa shape index (κ1) is 12.9. The van der Waals surface area contributed by atoms with E-state index in [4.69, 9.17) is 5.14 Å². The molecule has 4 nitrogen and oxygen atoms in total. The highest BCUT2D eigenvalue weighted by atomic mass is 32.2. The van der Waals surface area contributed by atoms with Crippen LogP contribution in [0.2, 0.25) is 0 Å². The van der Waals surface area contributed by atoms with Crippen LogP contribution in [0.5, 0.6) is 0 Å². The van der Waals surface area contributed by atoms with Crippen LogP contribution in [0, 0.1) is 5.41 Å². The molecule has 0 amide bonds. The fourth-order valence-electron chi connectivity index (χ4n) is 1.75. The van der Waals surface area contributed by atoms with E-state index in [-0.39, 0.29) is 5.41 Å². The molecule has 0 aromatic carbocycles. The Morgan fingerprint density at radius 2 is 1.54 bits per heavy atom. The maximum atomic E-state index is 10.8. The molecule has 0 radical (unpaired) electrons. The van der Waals surface area contributed by atoms with Crippen molar-refractivity contribution in [1.29, 1.82) is 0 Å². The van der Waals surface area contributed by atoms with Crippen molar-refractivity contribution in [2.45, 2.75) is 46.6 Å². The largest absolute Gasteiger partial charge is 0.274 e. The van der Waals surface area contributed by atoms with Crippen molar-refractivity contribution in [3.63, 3.8) is 0 Å². The minimum atomic E-state index is -3.60. The molecule has 0 saturated heterocycles. The summed E-state index contributed by atoms with van der Waals surface area (Å²) in [5.41, 5.74) is -0.424. The molecular formula is C8H20N2O2S. The molecule has 0 aliphatic heterocycles. The third-order valence-corrected chi connectivity index (χ3v) is 2.23. The standard InChI is InChI=1S/C8H20N2O2S/c1-7(2,3)6-8(4,5)10-13(9,11)12/h10H,6H2,1-5H3,(H2,9,11,12). The quantitative estimate of drug-likeness (QED) is 0.726. The van der Waals surface area contributed by atoms with Gasteiger partial charge in [0.05, 0.1) is 0 Å². The van der Waals surface area contributed by atoms with Gasteiger partial charge in [0.15, 0.2) is 0 Å². The SMILES string of the molecule is CC(C)(C)CC(C)(C)NS(N)(=O)=O. The van der Waals surface area contributed by atoms with E-state index < -0.39 is 15.7 Å². The van der Waals surface area contributed by atoms with Crippen LogP contribution in [0.1, 0.15) is 41.0 Å². The van der Waals surface area contributed by atoms with Crippen LogP contribution in [0.3, 0.4) is 0 Å². The Balaban J connectivity index is 4.43. The van der Waals surface area contributed by atoms with E-state index in [9.17, 15) is 8.42 Å². The second-order valence-corrected chi connectivity index (χ2v) is 6.56. The van der Waals surface area contributed by atoms with Gasteiger partial charge in [-0.1, -0.05) is 20.8 Å². The predicted octanol–water partition coefficient (Wildman–Crippen LogP) is 0.994. The molecule has 0 aromatic rings. The highest BCUT2D eigenvalue weighted by molar-refractivity contribution is 7.87. The molecule has 0 aliphatic rings. The van der Waals surface area contributed by atoms with Crippen molar-refractivity contribution in [1.82, 2.24) is 4.72 Å². The Morgan fingerprint density at radius 3 is 1.77 bits per heavy atom. The summed E-state index contributed by atoms with van der Waals surface area (Å²) >= 11 is 0. The molecule has 0 saturated carbocycles. The van der Waals surface area contributed by atoms with E-state index in [0.717, 1.165) is 6.42 Å². The molecule has 0 rings (SSSR count). The van der Waals surface area contributed by atoms with Crippen molar-refractivity contribution in [3.8, 4) is 0 Å². The summed E-state index contributed by atoms with van der Waals surface area (Å²) in [7, 11) is -3.60.